The number of carbonyl (C=O) groups excluding carboxylic acids is 3. The van der Waals surface area contributed by atoms with Crippen LogP contribution in [-0.4, -0.2) is 37.6 Å². The van der Waals surface area contributed by atoms with Crippen LogP contribution < -0.4 is 20.1 Å². The minimum absolute atomic E-state index is 0.0442. The monoisotopic (exact) mass is 552 g/mol. The second kappa shape index (κ2) is 13.8. The molecule has 4 aromatic carbocycles. The molecule has 0 unspecified atom stereocenters. The summed E-state index contributed by atoms with van der Waals surface area (Å²) in [4.78, 5) is 39.9. The fourth-order valence-electron chi connectivity index (χ4n) is 3.85. The lowest BCUT2D eigenvalue weighted by Gasteiger charge is -2.13. The van der Waals surface area contributed by atoms with Crippen LogP contribution in [0.4, 0.5) is 5.69 Å². The minimum Gasteiger partial charge on any atom is -0.496 e. The van der Waals surface area contributed by atoms with Crippen molar-refractivity contribution < 1.29 is 23.9 Å². The molecular weight excluding hydrogens is 524 g/mol. The molecule has 0 bridgehead atoms. The summed E-state index contributed by atoms with van der Waals surface area (Å²) < 4.78 is 10.7. The summed E-state index contributed by atoms with van der Waals surface area (Å²) >= 11 is 1.35. The number of nitrogens with one attached hydrogen (secondary N) is 2. The number of thioether (sulfide) groups is 1. The number of amides is 2. The predicted octanol–water partition coefficient (Wildman–Crippen LogP) is 6.09. The number of para-hydroxylation sites is 2. The van der Waals surface area contributed by atoms with Gasteiger partial charge in [0.15, 0.2) is 5.78 Å². The Balaban J connectivity index is 1.52. The molecule has 202 valence electrons. The number of benzene rings is 4. The SMILES string of the molecule is COc1ccccc1/C=C(\NC(=O)c1ccccc1)C(=O)Nc1cccc(SCC(=O)c2ccccc2OC)c1. The maximum atomic E-state index is 13.4. The maximum Gasteiger partial charge on any atom is 0.272 e. The van der Waals surface area contributed by atoms with Gasteiger partial charge in [-0.05, 0) is 54.6 Å². The van der Waals surface area contributed by atoms with E-state index in [1.807, 2.05) is 30.3 Å². The number of hydrogen-bond donors (Lipinski definition) is 2. The quantitative estimate of drug-likeness (QED) is 0.133. The molecule has 2 N–H and O–H groups in total. The van der Waals surface area contributed by atoms with Crippen LogP contribution in [0.5, 0.6) is 11.5 Å². The number of methoxy groups -OCH3 is 2. The van der Waals surface area contributed by atoms with Crippen molar-refractivity contribution in [1.29, 1.82) is 0 Å². The van der Waals surface area contributed by atoms with Gasteiger partial charge in [-0.25, -0.2) is 0 Å². The molecule has 0 spiro atoms. The van der Waals surface area contributed by atoms with E-state index in [9.17, 15) is 14.4 Å². The van der Waals surface area contributed by atoms with Gasteiger partial charge in [0.05, 0.1) is 25.5 Å². The van der Waals surface area contributed by atoms with Gasteiger partial charge in [0, 0.05) is 21.7 Å². The lowest BCUT2D eigenvalue weighted by atomic mass is 10.1. The van der Waals surface area contributed by atoms with Crippen LogP contribution in [0.2, 0.25) is 0 Å². The fourth-order valence-corrected chi connectivity index (χ4v) is 4.69. The van der Waals surface area contributed by atoms with Crippen LogP contribution in [0.15, 0.2) is 114 Å². The zero-order chi connectivity index (χ0) is 28.3. The maximum absolute atomic E-state index is 13.4. The third kappa shape index (κ3) is 7.39. The van der Waals surface area contributed by atoms with Gasteiger partial charge in [-0.15, -0.1) is 11.8 Å². The fraction of sp³-hybridized carbons (Fsp3) is 0.0938. The van der Waals surface area contributed by atoms with Crippen molar-refractivity contribution in [1.82, 2.24) is 5.32 Å². The number of Topliss-reactive ketones (excluding diaryl/α,β-unsaturated/α-hetero) is 1. The second-order valence-corrected chi connectivity index (χ2v) is 9.56. The lowest BCUT2D eigenvalue weighted by molar-refractivity contribution is -0.113. The molecule has 7 nitrogen and oxygen atoms in total. The van der Waals surface area contributed by atoms with Crippen molar-refractivity contribution in [3.8, 4) is 11.5 Å². The van der Waals surface area contributed by atoms with Crippen LogP contribution in [-0.2, 0) is 4.79 Å². The summed E-state index contributed by atoms with van der Waals surface area (Å²) in [5, 5.41) is 5.58. The lowest BCUT2D eigenvalue weighted by Crippen LogP contribution is -2.30. The molecule has 8 heteroatoms. The number of carbonyl (C=O) groups is 3. The van der Waals surface area contributed by atoms with E-state index >= 15 is 0 Å². The van der Waals surface area contributed by atoms with Crippen molar-refractivity contribution in [2.75, 3.05) is 25.3 Å². The molecule has 4 rings (SSSR count). The molecule has 0 aliphatic heterocycles. The highest BCUT2D eigenvalue weighted by Crippen LogP contribution is 2.26. The number of ketones is 1. The molecule has 0 saturated heterocycles. The number of anilines is 1. The average Bonchev–Trinajstić information content (AvgIpc) is 3.00. The van der Waals surface area contributed by atoms with Crippen molar-refractivity contribution >= 4 is 41.1 Å². The van der Waals surface area contributed by atoms with E-state index in [-0.39, 0.29) is 17.2 Å². The van der Waals surface area contributed by atoms with Gasteiger partial charge in [0.1, 0.15) is 17.2 Å². The minimum atomic E-state index is -0.512. The van der Waals surface area contributed by atoms with Crippen LogP contribution in [0.25, 0.3) is 6.08 Å². The third-order valence-corrected chi connectivity index (χ3v) is 6.83. The Morgan fingerprint density at radius 3 is 2.20 bits per heavy atom. The predicted molar refractivity (Wildman–Crippen MR) is 158 cm³/mol. The van der Waals surface area contributed by atoms with Crippen molar-refractivity contribution in [3.63, 3.8) is 0 Å². The highest BCUT2D eigenvalue weighted by molar-refractivity contribution is 8.00. The molecule has 0 atom stereocenters. The highest BCUT2D eigenvalue weighted by Gasteiger charge is 2.17. The topological polar surface area (TPSA) is 93.7 Å². The second-order valence-electron chi connectivity index (χ2n) is 8.51. The van der Waals surface area contributed by atoms with Crippen LogP contribution in [0.1, 0.15) is 26.3 Å². The van der Waals surface area contributed by atoms with Crippen molar-refractivity contribution in [2.45, 2.75) is 4.90 Å². The largest absolute Gasteiger partial charge is 0.496 e. The standard InChI is InChI=1S/C32H28N2O5S/c1-38-29-17-8-6-13-23(29)19-27(34-31(36)22-11-4-3-5-12-22)32(37)33-24-14-10-15-25(20-24)40-21-28(35)26-16-7-9-18-30(26)39-2/h3-20H,21H2,1-2H3,(H,33,37)(H,34,36)/b27-19-. The summed E-state index contributed by atoms with van der Waals surface area (Å²) in [6.07, 6.45) is 1.57. The van der Waals surface area contributed by atoms with E-state index < -0.39 is 11.8 Å². The molecule has 2 amide bonds. The zero-order valence-electron chi connectivity index (χ0n) is 22.0. The molecule has 0 heterocycles. The smallest absolute Gasteiger partial charge is 0.272 e. The Kier molecular flexibility index (Phi) is 9.74. The molecule has 0 radical (unpaired) electrons. The summed E-state index contributed by atoms with van der Waals surface area (Å²) in [6, 6.07) is 30.1. The molecular formula is C32H28N2O5S. The Hall–Kier alpha value is -4.82. The first kappa shape index (κ1) is 28.2. The first-order valence-corrected chi connectivity index (χ1v) is 13.4. The molecule has 0 saturated carbocycles. The van der Waals surface area contributed by atoms with Gasteiger partial charge >= 0.3 is 0 Å². The Morgan fingerprint density at radius 1 is 0.775 bits per heavy atom. The summed E-state index contributed by atoms with van der Waals surface area (Å²) in [6.45, 7) is 0. The Bertz CT molecular complexity index is 1540. The summed E-state index contributed by atoms with van der Waals surface area (Å²) in [5.74, 6) is 0.283. The summed E-state index contributed by atoms with van der Waals surface area (Å²) in [5.41, 5.74) is 2.12. The van der Waals surface area contributed by atoms with Crippen LogP contribution in [0, 0.1) is 0 Å². The van der Waals surface area contributed by atoms with Crippen LogP contribution >= 0.6 is 11.8 Å². The molecule has 0 aliphatic carbocycles. The number of rotatable bonds is 11. The van der Waals surface area contributed by atoms with E-state index in [0.29, 0.717) is 33.9 Å². The van der Waals surface area contributed by atoms with Gasteiger partial charge < -0.3 is 20.1 Å². The van der Waals surface area contributed by atoms with Gasteiger partial charge in [0.2, 0.25) is 0 Å². The van der Waals surface area contributed by atoms with E-state index in [2.05, 4.69) is 10.6 Å². The Morgan fingerprint density at radius 2 is 1.45 bits per heavy atom. The summed E-state index contributed by atoms with van der Waals surface area (Å²) in [7, 11) is 3.07. The highest BCUT2D eigenvalue weighted by atomic mass is 32.2. The van der Waals surface area contributed by atoms with Gasteiger partial charge in [0.25, 0.3) is 11.8 Å². The van der Waals surface area contributed by atoms with Gasteiger partial charge in [-0.1, -0.05) is 54.6 Å². The molecule has 0 fully saturated rings. The molecule has 0 aromatic heterocycles. The first-order chi connectivity index (χ1) is 19.5. The number of hydrogen-bond acceptors (Lipinski definition) is 6. The number of ether oxygens (including phenoxy) is 2. The first-order valence-electron chi connectivity index (χ1n) is 12.4. The van der Waals surface area contributed by atoms with Crippen LogP contribution in [0.3, 0.4) is 0 Å². The van der Waals surface area contributed by atoms with Crippen molar-refractivity contribution in [2.24, 2.45) is 0 Å². The van der Waals surface area contributed by atoms with Crippen molar-refractivity contribution in [3.05, 3.63) is 126 Å². The Labute approximate surface area is 237 Å². The zero-order valence-corrected chi connectivity index (χ0v) is 22.9. The molecule has 0 aliphatic rings. The normalized spacial score (nSPS) is 10.9. The van der Waals surface area contributed by atoms with E-state index in [1.54, 1.807) is 78.9 Å². The van der Waals surface area contributed by atoms with E-state index in [1.165, 1.54) is 26.0 Å². The van der Waals surface area contributed by atoms with E-state index in [0.717, 1.165) is 4.90 Å². The van der Waals surface area contributed by atoms with E-state index in [4.69, 9.17) is 9.47 Å². The average molecular weight is 553 g/mol. The molecule has 4 aromatic rings. The van der Waals surface area contributed by atoms with Gasteiger partial charge in [-0.3, -0.25) is 14.4 Å². The van der Waals surface area contributed by atoms with Gasteiger partial charge in [-0.2, -0.15) is 0 Å². The molecule has 40 heavy (non-hydrogen) atoms. The third-order valence-electron chi connectivity index (χ3n) is 5.84.